The number of hydrogen-bond acceptors (Lipinski definition) is 6. The van der Waals surface area contributed by atoms with Gasteiger partial charge in [0.05, 0.1) is 17.7 Å². The molecule has 0 spiro atoms. The summed E-state index contributed by atoms with van der Waals surface area (Å²) in [7, 11) is 0. The number of carbonyl (C=O) groups is 1. The maximum absolute atomic E-state index is 10.5. The van der Waals surface area contributed by atoms with E-state index in [0.29, 0.717) is 22.8 Å². The van der Waals surface area contributed by atoms with E-state index in [1.54, 1.807) is 0 Å². The summed E-state index contributed by atoms with van der Waals surface area (Å²) in [4.78, 5) is 10.5. The van der Waals surface area contributed by atoms with Crippen molar-refractivity contribution in [1.82, 2.24) is 20.0 Å². The summed E-state index contributed by atoms with van der Waals surface area (Å²) in [6.07, 6.45) is 0.0623. The second kappa shape index (κ2) is 6.95. The lowest BCUT2D eigenvalue weighted by atomic mass is 10.2. The van der Waals surface area contributed by atoms with Crippen molar-refractivity contribution in [2.75, 3.05) is 5.75 Å². The van der Waals surface area contributed by atoms with Crippen LogP contribution >= 0.6 is 11.8 Å². The number of aryl methyl sites for hydroxylation is 1. The zero-order valence-electron chi connectivity index (χ0n) is 13.2. The Labute approximate surface area is 133 Å². The molecule has 0 bridgehead atoms. The molecule has 0 saturated heterocycles. The number of aliphatic carboxylic acids is 1. The van der Waals surface area contributed by atoms with E-state index in [1.165, 1.54) is 11.8 Å². The van der Waals surface area contributed by atoms with Crippen molar-refractivity contribution < 1.29 is 14.3 Å². The van der Waals surface area contributed by atoms with E-state index in [-0.39, 0.29) is 6.42 Å². The lowest BCUT2D eigenvalue weighted by molar-refractivity contribution is -0.136. The Kier molecular flexibility index (Phi) is 5.23. The number of thioether (sulfide) groups is 1. The zero-order chi connectivity index (χ0) is 16.3. The van der Waals surface area contributed by atoms with Gasteiger partial charge in [-0.1, -0.05) is 25.6 Å². The first-order chi connectivity index (χ1) is 10.4. The molecule has 0 unspecified atom stereocenters. The van der Waals surface area contributed by atoms with Gasteiger partial charge in [-0.15, -0.1) is 10.2 Å². The molecule has 2 rings (SSSR count). The van der Waals surface area contributed by atoms with Crippen molar-refractivity contribution in [1.29, 1.82) is 0 Å². The van der Waals surface area contributed by atoms with Crippen LogP contribution in [0.3, 0.4) is 0 Å². The topological polar surface area (TPSA) is 94.0 Å². The second-order valence-corrected chi connectivity index (χ2v) is 6.53. The zero-order valence-corrected chi connectivity index (χ0v) is 14.0. The van der Waals surface area contributed by atoms with Crippen molar-refractivity contribution >= 4 is 17.7 Å². The molecule has 0 aromatic carbocycles. The summed E-state index contributed by atoms with van der Waals surface area (Å²) in [6.45, 7) is 9.01. The highest BCUT2D eigenvalue weighted by atomic mass is 32.2. The van der Waals surface area contributed by atoms with Gasteiger partial charge < -0.3 is 9.52 Å². The Morgan fingerprint density at radius 2 is 2.09 bits per heavy atom. The molecule has 120 valence electrons. The number of rotatable bonds is 7. The maximum Gasteiger partial charge on any atom is 0.304 e. The fraction of sp³-hybridized carbons (Fsp3) is 0.571. The van der Waals surface area contributed by atoms with Crippen LogP contribution in [0.1, 0.15) is 31.7 Å². The van der Waals surface area contributed by atoms with E-state index < -0.39 is 5.97 Å². The number of aromatic nitrogens is 4. The quantitative estimate of drug-likeness (QED) is 0.782. The molecule has 22 heavy (non-hydrogen) atoms. The number of nitrogens with zero attached hydrogens (tertiary/aromatic N) is 4. The van der Waals surface area contributed by atoms with Crippen LogP contribution in [0, 0.1) is 19.8 Å². The third-order valence-corrected chi connectivity index (χ3v) is 3.90. The molecular weight excluding hydrogens is 304 g/mol. The first-order valence-electron chi connectivity index (χ1n) is 7.11. The van der Waals surface area contributed by atoms with Crippen LogP contribution in [0.25, 0.3) is 11.5 Å². The van der Waals surface area contributed by atoms with Gasteiger partial charge in [-0.2, -0.15) is 5.10 Å². The number of hydrogen-bond donors (Lipinski definition) is 1. The molecule has 2 aromatic rings. The van der Waals surface area contributed by atoms with Crippen LogP contribution < -0.4 is 0 Å². The molecule has 0 aliphatic carbocycles. The monoisotopic (exact) mass is 324 g/mol. The Morgan fingerprint density at radius 3 is 2.73 bits per heavy atom. The van der Waals surface area contributed by atoms with Crippen LogP contribution in [-0.4, -0.2) is 36.8 Å². The number of carboxylic acids is 1. The number of carboxylic acid groups (broad SMARTS) is 1. The molecule has 2 heterocycles. The standard InChI is InChI=1S/C14H20N4O3S/c1-8(2)7-18-10(4)12(9(3)17-18)13-15-16-14(21-13)22-6-5-11(19)20/h8H,5-7H2,1-4H3,(H,19,20). The first kappa shape index (κ1) is 16.5. The van der Waals surface area contributed by atoms with Crippen LogP contribution in [0.2, 0.25) is 0 Å². The van der Waals surface area contributed by atoms with Crippen molar-refractivity contribution in [3.8, 4) is 11.5 Å². The van der Waals surface area contributed by atoms with Crippen molar-refractivity contribution in [2.24, 2.45) is 5.92 Å². The van der Waals surface area contributed by atoms with E-state index in [4.69, 9.17) is 9.52 Å². The fourth-order valence-corrected chi connectivity index (χ4v) is 2.81. The van der Waals surface area contributed by atoms with Gasteiger partial charge in [0, 0.05) is 18.0 Å². The summed E-state index contributed by atoms with van der Waals surface area (Å²) in [5, 5.41) is 21.6. The van der Waals surface area contributed by atoms with E-state index in [9.17, 15) is 4.79 Å². The Morgan fingerprint density at radius 1 is 1.36 bits per heavy atom. The van der Waals surface area contributed by atoms with Crippen molar-refractivity contribution in [2.45, 2.75) is 45.9 Å². The van der Waals surface area contributed by atoms with Crippen LogP contribution in [0.4, 0.5) is 0 Å². The van der Waals surface area contributed by atoms with E-state index >= 15 is 0 Å². The highest BCUT2D eigenvalue weighted by Crippen LogP contribution is 2.28. The minimum absolute atomic E-state index is 0.0623. The maximum atomic E-state index is 10.5. The van der Waals surface area contributed by atoms with Gasteiger partial charge in [-0.05, 0) is 19.8 Å². The summed E-state index contributed by atoms with van der Waals surface area (Å²) in [5.74, 6) is 0.494. The van der Waals surface area contributed by atoms with E-state index in [0.717, 1.165) is 23.5 Å². The highest BCUT2D eigenvalue weighted by Gasteiger charge is 2.19. The third kappa shape index (κ3) is 3.88. The second-order valence-electron chi connectivity index (χ2n) is 5.49. The largest absolute Gasteiger partial charge is 0.481 e. The Hall–Kier alpha value is -1.83. The lowest BCUT2D eigenvalue weighted by Gasteiger charge is -2.06. The minimum Gasteiger partial charge on any atom is -0.481 e. The molecule has 0 amide bonds. The smallest absolute Gasteiger partial charge is 0.304 e. The van der Waals surface area contributed by atoms with Crippen LogP contribution in [0.15, 0.2) is 9.64 Å². The van der Waals surface area contributed by atoms with Crippen LogP contribution in [-0.2, 0) is 11.3 Å². The van der Waals surface area contributed by atoms with Crippen molar-refractivity contribution in [3.63, 3.8) is 0 Å². The predicted octanol–water partition coefficient (Wildman–Crippen LogP) is 2.77. The van der Waals surface area contributed by atoms with Gasteiger partial charge in [0.25, 0.3) is 11.1 Å². The summed E-state index contributed by atoms with van der Waals surface area (Å²) >= 11 is 1.25. The summed E-state index contributed by atoms with van der Waals surface area (Å²) < 4.78 is 7.58. The van der Waals surface area contributed by atoms with E-state index in [2.05, 4.69) is 29.1 Å². The molecule has 7 nitrogen and oxygen atoms in total. The van der Waals surface area contributed by atoms with E-state index in [1.807, 2.05) is 18.5 Å². The molecule has 0 aliphatic rings. The van der Waals surface area contributed by atoms with Gasteiger partial charge in [-0.25, -0.2) is 0 Å². The normalized spacial score (nSPS) is 11.3. The molecule has 1 N–H and O–H groups in total. The first-order valence-corrected chi connectivity index (χ1v) is 8.09. The Balaban J connectivity index is 2.17. The fourth-order valence-electron chi connectivity index (χ4n) is 2.12. The van der Waals surface area contributed by atoms with Gasteiger partial charge in [0.2, 0.25) is 0 Å². The summed E-state index contributed by atoms with van der Waals surface area (Å²) in [6, 6.07) is 0. The molecule has 8 heteroatoms. The van der Waals surface area contributed by atoms with Gasteiger partial charge in [-0.3, -0.25) is 9.48 Å². The average Bonchev–Trinajstić information content (AvgIpc) is 2.95. The molecule has 0 saturated carbocycles. The molecule has 2 aromatic heterocycles. The third-order valence-electron chi connectivity index (χ3n) is 3.08. The van der Waals surface area contributed by atoms with Gasteiger partial charge >= 0.3 is 5.97 Å². The highest BCUT2D eigenvalue weighted by molar-refractivity contribution is 7.99. The predicted molar refractivity (Wildman–Crippen MR) is 82.8 cm³/mol. The van der Waals surface area contributed by atoms with Gasteiger partial charge in [0.1, 0.15) is 0 Å². The van der Waals surface area contributed by atoms with Crippen molar-refractivity contribution in [3.05, 3.63) is 11.4 Å². The average molecular weight is 324 g/mol. The minimum atomic E-state index is -0.839. The molecule has 0 fully saturated rings. The molecule has 0 radical (unpaired) electrons. The molecule has 0 aliphatic heterocycles. The molecule has 0 atom stereocenters. The molecular formula is C14H20N4O3S. The van der Waals surface area contributed by atoms with Crippen LogP contribution in [0.5, 0.6) is 0 Å². The SMILES string of the molecule is Cc1nn(CC(C)C)c(C)c1-c1nnc(SCCC(=O)O)o1. The lowest BCUT2D eigenvalue weighted by Crippen LogP contribution is -2.07. The summed E-state index contributed by atoms with van der Waals surface area (Å²) in [5.41, 5.74) is 2.71. The Bertz CT molecular complexity index is 663. The van der Waals surface area contributed by atoms with Gasteiger partial charge in [0.15, 0.2) is 0 Å².